The van der Waals surface area contributed by atoms with Crippen molar-refractivity contribution in [1.29, 1.82) is 0 Å². The summed E-state index contributed by atoms with van der Waals surface area (Å²) in [5, 5.41) is 12.4. The molecule has 0 bridgehead atoms. The fourth-order valence-electron chi connectivity index (χ4n) is 1.31. The minimum absolute atomic E-state index is 0.177. The topological polar surface area (TPSA) is 75.6 Å². The number of carbonyl (C=O) groups excluding carboxylic acids is 2. The maximum absolute atomic E-state index is 11.6. The fourth-order valence-corrected chi connectivity index (χ4v) is 1.31. The predicted octanol–water partition coefficient (Wildman–Crippen LogP) is 0.381. The van der Waals surface area contributed by atoms with Crippen LogP contribution in [0.15, 0.2) is 12.7 Å². The monoisotopic (exact) mass is 229 g/mol. The Morgan fingerprint density at radius 2 is 2.19 bits per heavy atom. The van der Waals surface area contributed by atoms with Crippen LogP contribution in [0, 0.1) is 0 Å². The molecule has 92 valence electrons. The van der Waals surface area contributed by atoms with Crippen LogP contribution in [0.4, 0.5) is 0 Å². The summed E-state index contributed by atoms with van der Waals surface area (Å²) >= 11 is 0. The van der Waals surface area contributed by atoms with E-state index in [1.54, 1.807) is 6.92 Å². The maximum atomic E-state index is 11.6. The third-order valence-corrected chi connectivity index (χ3v) is 2.05. The molecular formula is C11H19NO4. The van der Waals surface area contributed by atoms with Crippen LogP contribution >= 0.6 is 0 Å². The molecule has 5 nitrogen and oxygen atoms in total. The Hall–Kier alpha value is -1.36. The molecule has 5 heteroatoms. The van der Waals surface area contributed by atoms with Gasteiger partial charge in [0.1, 0.15) is 0 Å². The Bertz CT molecular complexity index is 273. The van der Waals surface area contributed by atoms with Crippen LogP contribution in [-0.4, -0.2) is 35.2 Å². The molecule has 1 amide bonds. The van der Waals surface area contributed by atoms with Crippen LogP contribution in [0.3, 0.4) is 0 Å². The normalized spacial score (nSPS) is 15.8. The smallest absolute Gasteiger partial charge is 0.331 e. The average Bonchev–Trinajstić information content (AvgIpc) is 2.13. The van der Waals surface area contributed by atoms with Gasteiger partial charge in [0, 0.05) is 6.92 Å². The molecule has 0 aromatic heterocycles. The van der Waals surface area contributed by atoms with Gasteiger partial charge >= 0.3 is 5.97 Å². The lowest BCUT2D eigenvalue weighted by Gasteiger charge is -2.30. The molecule has 0 saturated carbocycles. The second-order valence-corrected chi connectivity index (χ2v) is 3.74. The zero-order valence-corrected chi connectivity index (χ0v) is 9.95. The number of esters is 1. The first-order chi connectivity index (χ1) is 7.35. The third kappa shape index (κ3) is 4.44. The molecule has 1 unspecified atom stereocenters. The van der Waals surface area contributed by atoms with Crippen molar-refractivity contribution in [2.75, 3.05) is 6.61 Å². The lowest BCUT2D eigenvalue weighted by Crippen LogP contribution is -2.55. The number of rotatable bonds is 6. The second-order valence-electron chi connectivity index (χ2n) is 3.74. The van der Waals surface area contributed by atoms with Crippen LogP contribution in [-0.2, 0) is 14.3 Å². The number of ether oxygens (including phenoxy) is 1. The Balaban J connectivity index is 4.83. The molecule has 2 N–H and O–H groups in total. The van der Waals surface area contributed by atoms with Crippen LogP contribution < -0.4 is 5.32 Å². The van der Waals surface area contributed by atoms with Crippen molar-refractivity contribution in [3.05, 3.63) is 12.7 Å². The molecule has 0 rings (SSSR count). The molecule has 0 aliphatic heterocycles. The summed E-state index contributed by atoms with van der Waals surface area (Å²) in [5.74, 6) is -1.05. The molecule has 0 aliphatic rings. The molecule has 0 spiro atoms. The summed E-state index contributed by atoms with van der Waals surface area (Å²) in [6, 6.07) is -1.08. The van der Waals surface area contributed by atoms with Crippen molar-refractivity contribution < 1.29 is 19.4 Å². The van der Waals surface area contributed by atoms with E-state index in [9.17, 15) is 14.7 Å². The zero-order chi connectivity index (χ0) is 12.8. The first-order valence-corrected chi connectivity index (χ1v) is 5.12. The highest BCUT2D eigenvalue weighted by Crippen LogP contribution is 2.16. The second kappa shape index (κ2) is 6.27. The van der Waals surface area contributed by atoms with E-state index in [1.807, 2.05) is 0 Å². The Kier molecular flexibility index (Phi) is 5.74. The Morgan fingerprint density at radius 3 is 2.56 bits per heavy atom. The minimum Gasteiger partial charge on any atom is -0.464 e. The number of nitrogens with one attached hydrogen (secondary N) is 1. The van der Waals surface area contributed by atoms with Crippen LogP contribution in [0.25, 0.3) is 0 Å². The van der Waals surface area contributed by atoms with Gasteiger partial charge in [-0.1, -0.05) is 6.08 Å². The highest BCUT2D eigenvalue weighted by Gasteiger charge is 2.38. The van der Waals surface area contributed by atoms with Gasteiger partial charge in [-0.2, -0.15) is 0 Å². The van der Waals surface area contributed by atoms with E-state index in [1.165, 1.54) is 19.9 Å². The van der Waals surface area contributed by atoms with Gasteiger partial charge in [-0.3, -0.25) is 4.79 Å². The summed E-state index contributed by atoms with van der Waals surface area (Å²) in [4.78, 5) is 22.5. The number of carbonyl (C=O) groups is 2. The molecule has 0 fully saturated rings. The minimum atomic E-state index is -1.40. The summed E-state index contributed by atoms with van der Waals surface area (Å²) in [6.07, 6.45) is 1.66. The van der Waals surface area contributed by atoms with E-state index in [0.717, 1.165) is 0 Å². The van der Waals surface area contributed by atoms with Gasteiger partial charge in [-0.05, 0) is 20.3 Å². The van der Waals surface area contributed by atoms with Crippen LogP contribution in [0.1, 0.15) is 27.2 Å². The molecule has 0 saturated heterocycles. The van der Waals surface area contributed by atoms with E-state index in [4.69, 9.17) is 4.74 Å². The highest BCUT2D eigenvalue weighted by atomic mass is 16.5. The quantitative estimate of drug-likeness (QED) is 0.510. The van der Waals surface area contributed by atoms with Gasteiger partial charge in [-0.15, -0.1) is 6.58 Å². The number of aliphatic hydroxyl groups is 1. The number of hydrogen-bond acceptors (Lipinski definition) is 4. The van der Waals surface area contributed by atoms with Crippen molar-refractivity contribution in [2.45, 2.75) is 38.8 Å². The van der Waals surface area contributed by atoms with E-state index < -0.39 is 23.5 Å². The van der Waals surface area contributed by atoms with Gasteiger partial charge in [0.2, 0.25) is 5.91 Å². The third-order valence-electron chi connectivity index (χ3n) is 2.05. The summed E-state index contributed by atoms with van der Waals surface area (Å²) in [5.41, 5.74) is -1.40. The Morgan fingerprint density at radius 1 is 1.62 bits per heavy atom. The van der Waals surface area contributed by atoms with Gasteiger partial charge < -0.3 is 15.2 Å². The van der Waals surface area contributed by atoms with Crippen molar-refractivity contribution in [3.8, 4) is 0 Å². The molecule has 2 atom stereocenters. The number of hydrogen-bond donors (Lipinski definition) is 2. The molecule has 16 heavy (non-hydrogen) atoms. The molecule has 0 aromatic rings. The van der Waals surface area contributed by atoms with E-state index in [2.05, 4.69) is 11.9 Å². The van der Waals surface area contributed by atoms with Crippen molar-refractivity contribution >= 4 is 11.9 Å². The average molecular weight is 229 g/mol. The van der Waals surface area contributed by atoms with E-state index >= 15 is 0 Å². The Labute approximate surface area is 95.5 Å². The standard InChI is InChI=1S/C11H19NO4/c1-5-7-11(4,15)9(12-8(3)13)10(14)16-6-2/h5,9,15H,1,6-7H2,2-4H3,(H,12,13)/t9-,11?/m1/s1. The largest absolute Gasteiger partial charge is 0.464 e. The highest BCUT2D eigenvalue weighted by molar-refractivity contribution is 5.84. The molecule has 0 heterocycles. The van der Waals surface area contributed by atoms with Gasteiger partial charge in [-0.25, -0.2) is 4.79 Å². The maximum Gasteiger partial charge on any atom is 0.331 e. The van der Waals surface area contributed by atoms with Crippen molar-refractivity contribution in [2.24, 2.45) is 0 Å². The molecule has 0 aliphatic carbocycles. The number of amides is 1. The summed E-state index contributed by atoms with van der Waals surface area (Å²) < 4.78 is 4.79. The summed E-state index contributed by atoms with van der Waals surface area (Å²) in [6.45, 7) is 8.06. The molecular weight excluding hydrogens is 210 g/mol. The van der Waals surface area contributed by atoms with Gasteiger partial charge in [0.25, 0.3) is 0 Å². The van der Waals surface area contributed by atoms with Crippen LogP contribution in [0.5, 0.6) is 0 Å². The van der Waals surface area contributed by atoms with Crippen molar-refractivity contribution in [3.63, 3.8) is 0 Å². The summed E-state index contributed by atoms with van der Waals surface area (Å²) in [7, 11) is 0. The van der Waals surface area contributed by atoms with Gasteiger partial charge in [0.15, 0.2) is 6.04 Å². The lowest BCUT2D eigenvalue weighted by atomic mass is 9.92. The lowest BCUT2D eigenvalue weighted by molar-refractivity contribution is -0.154. The SMILES string of the molecule is C=CCC(C)(O)[C@H](NC(C)=O)C(=O)OCC. The zero-order valence-electron chi connectivity index (χ0n) is 9.95. The predicted molar refractivity (Wildman–Crippen MR) is 59.7 cm³/mol. The van der Waals surface area contributed by atoms with Crippen LogP contribution in [0.2, 0.25) is 0 Å². The fraction of sp³-hybridized carbons (Fsp3) is 0.636. The van der Waals surface area contributed by atoms with Crippen molar-refractivity contribution in [1.82, 2.24) is 5.32 Å². The first-order valence-electron chi connectivity index (χ1n) is 5.12. The molecule has 0 radical (unpaired) electrons. The van der Waals surface area contributed by atoms with E-state index in [0.29, 0.717) is 0 Å². The first kappa shape index (κ1) is 14.6. The molecule has 0 aromatic carbocycles. The van der Waals surface area contributed by atoms with E-state index in [-0.39, 0.29) is 13.0 Å². The van der Waals surface area contributed by atoms with Gasteiger partial charge in [0.05, 0.1) is 12.2 Å².